The Morgan fingerprint density at radius 1 is 1.00 bits per heavy atom. The predicted molar refractivity (Wildman–Crippen MR) is 91.1 cm³/mol. The zero-order chi connectivity index (χ0) is 17.9. The topological polar surface area (TPSA) is 46.6 Å². The summed E-state index contributed by atoms with van der Waals surface area (Å²) < 4.78 is 5.43. The molecular weight excluding hydrogens is 302 g/mol. The summed E-state index contributed by atoms with van der Waals surface area (Å²) in [4.78, 5) is 26.4. The Kier molecular flexibility index (Phi) is 7.14. The maximum absolute atomic E-state index is 12.4. The molecule has 0 aromatic rings. The molecule has 4 nitrogen and oxygen atoms in total. The molecule has 0 rings (SSSR count). The number of carbonyl (C=O) groups excluding carboxylic acids is 2. The van der Waals surface area contributed by atoms with Crippen molar-refractivity contribution in [1.29, 1.82) is 0 Å². The summed E-state index contributed by atoms with van der Waals surface area (Å²) in [5.74, 6) is -0.398. The average molecular weight is 332 g/mol. The van der Waals surface area contributed by atoms with Gasteiger partial charge >= 0.3 is 6.09 Å². The third-order valence-corrected chi connectivity index (χ3v) is 3.27. The van der Waals surface area contributed by atoms with Gasteiger partial charge in [-0.2, -0.15) is 0 Å². The molecule has 0 radical (unpaired) electrons. The molecular formula is C17H30ClNO3. The number of halogens is 1. The van der Waals surface area contributed by atoms with Crippen LogP contribution < -0.4 is 0 Å². The van der Waals surface area contributed by atoms with Crippen LogP contribution in [0.15, 0.2) is 11.1 Å². The summed E-state index contributed by atoms with van der Waals surface area (Å²) in [5.41, 5.74) is -1.54. The van der Waals surface area contributed by atoms with Crippen LogP contribution in [-0.2, 0) is 9.53 Å². The minimum absolute atomic E-state index is 0.0148. The van der Waals surface area contributed by atoms with Gasteiger partial charge in [-0.25, -0.2) is 4.79 Å². The molecule has 22 heavy (non-hydrogen) atoms. The van der Waals surface area contributed by atoms with E-state index in [4.69, 9.17) is 16.3 Å². The van der Waals surface area contributed by atoms with Gasteiger partial charge in [0.25, 0.3) is 0 Å². The molecule has 0 aliphatic heterocycles. The molecule has 0 heterocycles. The number of carbonyl (C=O) groups is 2. The van der Waals surface area contributed by atoms with Gasteiger partial charge < -0.3 is 9.64 Å². The first-order chi connectivity index (χ1) is 9.69. The fourth-order valence-electron chi connectivity index (χ4n) is 2.07. The number of amides is 1. The van der Waals surface area contributed by atoms with Gasteiger partial charge in [-0.05, 0) is 47.0 Å². The Balaban J connectivity index is 5.22. The van der Waals surface area contributed by atoms with Gasteiger partial charge in [0, 0.05) is 12.1 Å². The second-order valence-corrected chi connectivity index (χ2v) is 8.07. The first-order valence-corrected chi connectivity index (χ1v) is 8.01. The third kappa shape index (κ3) is 6.39. The van der Waals surface area contributed by atoms with Crippen LogP contribution >= 0.6 is 11.6 Å². The molecule has 0 bridgehead atoms. The van der Waals surface area contributed by atoms with Crippen molar-refractivity contribution in [2.45, 2.75) is 80.0 Å². The number of rotatable bonds is 5. The van der Waals surface area contributed by atoms with E-state index in [0.29, 0.717) is 0 Å². The van der Waals surface area contributed by atoms with Crippen LogP contribution in [0.2, 0.25) is 0 Å². The number of allylic oxidation sites excluding steroid dienone is 1. The molecule has 0 N–H and O–H groups in total. The number of ether oxygens (including phenoxy) is 1. The Hall–Kier alpha value is -1.03. The molecule has 0 aliphatic rings. The van der Waals surface area contributed by atoms with Gasteiger partial charge in [0.2, 0.25) is 5.78 Å². The van der Waals surface area contributed by atoms with Crippen LogP contribution in [0, 0.1) is 5.41 Å². The van der Waals surface area contributed by atoms with Gasteiger partial charge in [0.1, 0.15) is 0 Å². The van der Waals surface area contributed by atoms with E-state index in [1.54, 1.807) is 24.8 Å². The lowest BCUT2D eigenvalue weighted by Crippen LogP contribution is -2.47. The smallest absolute Gasteiger partial charge is 0.411 e. The molecule has 0 saturated heterocycles. The first kappa shape index (κ1) is 21.0. The Bertz CT molecular complexity index is 437. The Morgan fingerprint density at radius 2 is 1.41 bits per heavy atom. The van der Waals surface area contributed by atoms with Crippen molar-refractivity contribution >= 4 is 23.5 Å². The number of nitrogens with zero attached hydrogens (tertiary/aromatic N) is 1. The summed E-state index contributed by atoms with van der Waals surface area (Å²) in [7, 11) is 0. The summed E-state index contributed by atoms with van der Waals surface area (Å²) >= 11 is 6.10. The summed E-state index contributed by atoms with van der Waals surface area (Å²) in [6, 6.07) is -0.0296. The lowest BCUT2D eigenvalue weighted by atomic mass is 9.93. The number of Topliss-reactive ketones (excluding diaryl/α,β-unsaturated/α-hetero) is 1. The highest BCUT2D eigenvalue weighted by molar-refractivity contribution is 6.43. The van der Waals surface area contributed by atoms with Crippen molar-refractivity contribution in [3.05, 3.63) is 11.1 Å². The van der Waals surface area contributed by atoms with Gasteiger partial charge in [-0.3, -0.25) is 4.79 Å². The van der Waals surface area contributed by atoms with Crippen LogP contribution in [0.25, 0.3) is 0 Å². The molecule has 0 atom stereocenters. The zero-order valence-corrected chi connectivity index (χ0v) is 16.0. The molecule has 0 aromatic heterocycles. The zero-order valence-electron chi connectivity index (χ0n) is 15.3. The van der Waals surface area contributed by atoms with Gasteiger partial charge in [-0.15, -0.1) is 0 Å². The fourth-order valence-corrected chi connectivity index (χ4v) is 2.62. The SMILES string of the molecule is CC(C)N(C(=O)OC(C)(C)C(=O)/C(Cl)=C/C(C)(C)C)C(C)C. The van der Waals surface area contributed by atoms with E-state index in [1.165, 1.54) is 0 Å². The minimum Gasteiger partial charge on any atom is -0.435 e. The molecule has 0 saturated carbocycles. The third-order valence-electron chi connectivity index (χ3n) is 2.99. The van der Waals surface area contributed by atoms with E-state index in [2.05, 4.69) is 0 Å². The van der Waals surface area contributed by atoms with Crippen molar-refractivity contribution in [3.8, 4) is 0 Å². The lowest BCUT2D eigenvalue weighted by Gasteiger charge is -2.33. The second-order valence-electron chi connectivity index (χ2n) is 7.66. The van der Waals surface area contributed by atoms with Crippen molar-refractivity contribution in [2.24, 2.45) is 5.41 Å². The van der Waals surface area contributed by atoms with E-state index in [0.717, 1.165) is 0 Å². The highest BCUT2D eigenvalue weighted by Crippen LogP contribution is 2.26. The average Bonchev–Trinajstić information content (AvgIpc) is 2.23. The maximum Gasteiger partial charge on any atom is 0.411 e. The molecule has 1 amide bonds. The minimum atomic E-state index is -1.31. The molecule has 0 spiro atoms. The van der Waals surface area contributed by atoms with Crippen molar-refractivity contribution in [1.82, 2.24) is 4.90 Å². The molecule has 0 aromatic carbocycles. The van der Waals surface area contributed by atoms with Gasteiger partial charge in [0.05, 0.1) is 5.03 Å². The van der Waals surface area contributed by atoms with Crippen molar-refractivity contribution in [2.75, 3.05) is 0 Å². The van der Waals surface area contributed by atoms with Crippen LogP contribution in [-0.4, -0.2) is 34.5 Å². The van der Waals surface area contributed by atoms with Crippen LogP contribution in [0.5, 0.6) is 0 Å². The molecule has 5 heteroatoms. The van der Waals surface area contributed by atoms with Crippen LogP contribution in [0.3, 0.4) is 0 Å². The first-order valence-electron chi connectivity index (χ1n) is 7.63. The highest BCUT2D eigenvalue weighted by atomic mass is 35.5. The molecule has 0 aliphatic carbocycles. The Labute approximate surface area is 139 Å². The predicted octanol–water partition coefficient (Wildman–Crippen LogP) is 4.76. The number of hydrogen-bond acceptors (Lipinski definition) is 3. The molecule has 0 unspecified atom stereocenters. The van der Waals surface area contributed by atoms with E-state index < -0.39 is 17.5 Å². The Morgan fingerprint density at radius 3 is 1.73 bits per heavy atom. The van der Waals surface area contributed by atoms with Crippen molar-refractivity contribution < 1.29 is 14.3 Å². The normalized spacial score (nSPS) is 13.5. The molecule has 128 valence electrons. The monoisotopic (exact) mass is 331 g/mol. The maximum atomic E-state index is 12.4. The number of hydrogen-bond donors (Lipinski definition) is 0. The van der Waals surface area contributed by atoms with E-state index >= 15 is 0 Å². The molecule has 0 fully saturated rings. The van der Waals surface area contributed by atoms with Gasteiger partial charge in [-0.1, -0.05) is 38.4 Å². The van der Waals surface area contributed by atoms with Crippen LogP contribution in [0.1, 0.15) is 62.3 Å². The second kappa shape index (κ2) is 7.49. The number of ketones is 1. The summed E-state index contributed by atoms with van der Waals surface area (Å²) in [6.07, 6.45) is 1.17. The largest absolute Gasteiger partial charge is 0.435 e. The standard InChI is InChI=1S/C17H30ClNO3/c1-11(2)19(12(3)4)15(21)22-17(8,9)14(20)13(18)10-16(5,6)7/h10-12H,1-9H3/b13-10-. The lowest BCUT2D eigenvalue weighted by molar-refractivity contribution is -0.131. The van der Waals surface area contributed by atoms with E-state index in [9.17, 15) is 9.59 Å². The fraction of sp³-hybridized carbons (Fsp3) is 0.765. The van der Waals surface area contributed by atoms with Crippen molar-refractivity contribution in [3.63, 3.8) is 0 Å². The van der Waals surface area contributed by atoms with E-state index in [-0.39, 0.29) is 22.5 Å². The summed E-state index contributed by atoms with van der Waals surface area (Å²) in [5, 5.41) is 0.0888. The quantitative estimate of drug-likeness (QED) is 0.682. The van der Waals surface area contributed by atoms with Crippen LogP contribution in [0.4, 0.5) is 4.79 Å². The summed E-state index contributed by atoms with van der Waals surface area (Å²) in [6.45, 7) is 16.6. The van der Waals surface area contributed by atoms with E-state index in [1.807, 2.05) is 48.5 Å². The highest BCUT2D eigenvalue weighted by Gasteiger charge is 2.36. The van der Waals surface area contributed by atoms with Gasteiger partial charge in [0.15, 0.2) is 5.60 Å².